The van der Waals surface area contributed by atoms with Crippen molar-refractivity contribution in [2.45, 2.75) is 64.0 Å². The Bertz CT molecular complexity index is 962. The second-order valence-electron chi connectivity index (χ2n) is 9.54. The summed E-state index contributed by atoms with van der Waals surface area (Å²) in [4.78, 5) is 17.5. The van der Waals surface area contributed by atoms with Gasteiger partial charge in [0.2, 0.25) is 17.6 Å². The largest absolute Gasteiger partial charge is 0.390 e. The molecule has 4 unspecified atom stereocenters. The van der Waals surface area contributed by atoms with Crippen molar-refractivity contribution in [3.8, 4) is 11.4 Å². The number of aliphatic hydroxyl groups is 1. The molecular formula is C22H26FN3O3. The van der Waals surface area contributed by atoms with Gasteiger partial charge < -0.3 is 14.9 Å². The summed E-state index contributed by atoms with van der Waals surface area (Å²) in [7, 11) is 0. The Morgan fingerprint density at radius 3 is 2.86 bits per heavy atom. The highest BCUT2D eigenvalue weighted by atomic mass is 19.1. The SMILES string of the molecule is CCC12CC3CC(O)(C1)CC(C(=O)NCc1nc(-c4ccccc4F)no1)(C3)C2. The van der Waals surface area contributed by atoms with Crippen LogP contribution in [0.15, 0.2) is 28.8 Å². The van der Waals surface area contributed by atoms with E-state index in [1.165, 1.54) is 6.07 Å². The highest BCUT2D eigenvalue weighted by Crippen LogP contribution is 2.67. The van der Waals surface area contributed by atoms with Gasteiger partial charge in [0, 0.05) is 0 Å². The first kappa shape index (κ1) is 18.7. The normalized spacial score (nSPS) is 35.1. The van der Waals surface area contributed by atoms with E-state index >= 15 is 0 Å². The first-order valence-electron chi connectivity index (χ1n) is 10.4. The van der Waals surface area contributed by atoms with Crippen LogP contribution < -0.4 is 5.32 Å². The molecule has 6 rings (SSSR count). The minimum Gasteiger partial charge on any atom is -0.390 e. The molecule has 4 atom stereocenters. The van der Waals surface area contributed by atoms with E-state index in [-0.39, 0.29) is 35.1 Å². The van der Waals surface area contributed by atoms with Crippen LogP contribution in [-0.4, -0.2) is 26.8 Å². The number of carbonyl (C=O) groups excluding carboxylic acids is 1. The molecule has 4 fully saturated rings. The molecule has 29 heavy (non-hydrogen) atoms. The molecule has 0 aliphatic heterocycles. The van der Waals surface area contributed by atoms with E-state index in [0.717, 1.165) is 38.5 Å². The van der Waals surface area contributed by atoms with Crippen molar-refractivity contribution in [3.05, 3.63) is 36.0 Å². The minimum absolute atomic E-state index is 0.0384. The molecule has 1 heterocycles. The maximum Gasteiger partial charge on any atom is 0.246 e. The van der Waals surface area contributed by atoms with Crippen molar-refractivity contribution in [1.29, 1.82) is 0 Å². The third-order valence-corrected chi connectivity index (χ3v) is 7.37. The summed E-state index contributed by atoms with van der Waals surface area (Å²) < 4.78 is 19.1. The smallest absolute Gasteiger partial charge is 0.246 e. The van der Waals surface area contributed by atoms with E-state index in [1.54, 1.807) is 18.2 Å². The number of carbonyl (C=O) groups is 1. The molecule has 4 bridgehead atoms. The number of amides is 1. The average Bonchev–Trinajstić information content (AvgIpc) is 3.13. The second-order valence-corrected chi connectivity index (χ2v) is 9.54. The van der Waals surface area contributed by atoms with Crippen molar-refractivity contribution in [2.24, 2.45) is 16.7 Å². The molecule has 2 N–H and O–H groups in total. The third kappa shape index (κ3) is 3.06. The summed E-state index contributed by atoms with van der Waals surface area (Å²) >= 11 is 0. The first-order chi connectivity index (χ1) is 13.8. The Hall–Kier alpha value is -2.28. The summed E-state index contributed by atoms with van der Waals surface area (Å²) in [5, 5.41) is 17.9. The maximum absolute atomic E-state index is 13.9. The zero-order chi connectivity index (χ0) is 20.3. The maximum atomic E-state index is 13.9. The molecule has 6 nitrogen and oxygen atoms in total. The van der Waals surface area contributed by atoms with Gasteiger partial charge in [0.05, 0.1) is 23.1 Å². The van der Waals surface area contributed by atoms with Crippen LogP contribution in [0.3, 0.4) is 0 Å². The van der Waals surface area contributed by atoms with Gasteiger partial charge in [0.25, 0.3) is 0 Å². The Labute approximate surface area is 168 Å². The highest BCUT2D eigenvalue weighted by molar-refractivity contribution is 5.83. The van der Waals surface area contributed by atoms with Gasteiger partial charge in [0.1, 0.15) is 5.82 Å². The third-order valence-electron chi connectivity index (χ3n) is 7.37. The van der Waals surface area contributed by atoms with Crippen LogP contribution in [0.5, 0.6) is 0 Å². The van der Waals surface area contributed by atoms with Crippen LogP contribution in [-0.2, 0) is 11.3 Å². The fourth-order valence-electron chi connectivity index (χ4n) is 6.65. The van der Waals surface area contributed by atoms with Crippen molar-refractivity contribution in [1.82, 2.24) is 15.5 Å². The van der Waals surface area contributed by atoms with E-state index in [0.29, 0.717) is 12.3 Å². The van der Waals surface area contributed by atoms with Crippen molar-refractivity contribution >= 4 is 5.91 Å². The molecule has 1 aromatic heterocycles. The lowest BCUT2D eigenvalue weighted by Crippen LogP contribution is -2.63. The summed E-state index contributed by atoms with van der Waals surface area (Å²) in [6, 6.07) is 6.23. The fraction of sp³-hybridized carbons (Fsp3) is 0.591. The molecule has 0 spiro atoms. The number of halogens is 1. The van der Waals surface area contributed by atoms with Crippen molar-refractivity contribution < 1.29 is 18.8 Å². The van der Waals surface area contributed by atoms with E-state index < -0.39 is 16.8 Å². The van der Waals surface area contributed by atoms with Gasteiger partial charge in [-0.3, -0.25) is 4.79 Å². The predicted octanol–water partition coefficient (Wildman–Crippen LogP) is 3.60. The van der Waals surface area contributed by atoms with E-state index in [2.05, 4.69) is 22.4 Å². The molecule has 7 heteroatoms. The second kappa shape index (κ2) is 6.36. The van der Waals surface area contributed by atoms with Crippen molar-refractivity contribution in [3.63, 3.8) is 0 Å². The van der Waals surface area contributed by atoms with E-state index in [9.17, 15) is 14.3 Å². The van der Waals surface area contributed by atoms with Gasteiger partial charge >= 0.3 is 0 Å². The number of rotatable bonds is 5. The fourth-order valence-corrected chi connectivity index (χ4v) is 6.65. The summed E-state index contributed by atoms with van der Waals surface area (Å²) in [5.74, 6) is 0.365. The lowest BCUT2D eigenvalue weighted by Gasteiger charge is -2.64. The van der Waals surface area contributed by atoms with Gasteiger partial charge in [-0.05, 0) is 62.0 Å². The average molecular weight is 399 g/mol. The zero-order valence-corrected chi connectivity index (χ0v) is 16.6. The predicted molar refractivity (Wildman–Crippen MR) is 103 cm³/mol. The highest BCUT2D eigenvalue weighted by Gasteiger charge is 2.64. The Kier molecular flexibility index (Phi) is 4.11. The first-order valence-corrected chi connectivity index (χ1v) is 10.4. The molecule has 4 aliphatic carbocycles. The van der Waals surface area contributed by atoms with Crippen LogP contribution in [0, 0.1) is 22.6 Å². The Balaban J connectivity index is 1.31. The van der Waals surface area contributed by atoms with Gasteiger partial charge in [0.15, 0.2) is 0 Å². The molecular weight excluding hydrogens is 373 g/mol. The number of nitrogens with one attached hydrogen (secondary N) is 1. The standard InChI is InChI=1S/C22H26FN3O3/c1-2-20-7-14-8-21(11-20,13-22(28,9-14)12-20)19(27)24-10-17-25-18(26-29-17)15-5-3-4-6-16(15)23/h3-6,14,28H,2,7-13H2,1H3,(H,24,27). The minimum atomic E-state index is -0.713. The number of nitrogens with zero attached hydrogens (tertiary/aromatic N) is 2. The lowest BCUT2D eigenvalue weighted by atomic mass is 9.42. The number of hydrogen-bond acceptors (Lipinski definition) is 5. The molecule has 1 amide bonds. The summed E-state index contributed by atoms with van der Waals surface area (Å²) in [6.45, 7) is 2.27. The number of benzene rings is 1. The molecule has 154 valence electrons. The van der Waals surface area contributed by atoms with E-state index in [4.69, 9.17) is 4.52 Å². The van der Waals surface area contributed by atoms with Crippen LogP contribution in [0.4, 0.5) is 4.39 Å². The number of aromatic nitrogens is 2. The van der Waals surface area contributed by atoms with Gasteiger partial charge in [-0.25, -0.2) is 4.39 Å². The van der Waals surface area contributed by atoms with Gasteiger partial charge in [-0.15, -0.1) is 0 Å². The Morgan fingerprint density at radius 1 is 1.28 bits per heavy atom. The zero-order valence-electron chi connectivity index (χ0n) is 16.6. The monoisotopic (exact) mass is 399 g/mol. The summed E-state index contributed by atoms with van der Waals surface area (Å²) in [6.07, 6.45) is 5.97. The molecule has 0 saturated heterocycles. The van der Waals surface area contributed by atoms with Crippen LogP contribution >= 0.6 is 0 Å². The quantitative estimate of drug-likeness (QED) is 0.802. The molecule has 4 aliphatic rings. The molecule has 4 saturated carbocycles. The molecule has 1 aromatic carbocycles. The molecule has 2 aromatic rings. The van der Waals surface area contributed by atoms with E-state index in [1.807, 2.05) is 0 Å². The summed E-state index contributed by atoms with van der Waals surface area (Å²) in [5.41, 5.74) is -0.885. The van der Waals surface area contributed by atoms with Crippen LogP contribution in [0.1, 0.15) is 57.8 Å². The van der Waals surface area contributed by atoms with Gasteiger partial charge in [-0.1, -0.05) is 30.6 Å². The lowest BCUT2D eigenvalue weighted by molar-refractivity contribution is -0.204. The van der Waals surface area contributed by atoms with Crippen molar-refractivity contribution in [2.75, 3.05) is 0 Å². The molecule has 0 radical (unpaired) electrons. The van der Waals surface area contributed by atoms with Crippen LogP contribution in [0.25, 0.3) is 11.4 Å². The number of hydrogen-bond donors (Lipinski definition) is 2. The van der Waals surface area contributed by atoms with Gasteiger partial charge in [-0.2, -0.15) is 4.98 Å². The van der Waals surface area contributed by atoms with Crippen LogP contribution in [0.2, 0.25) is 0 Å². The topological polar surface area (TPSA) is 88.2 Å². The Morgan fingerprint density at radius 2 is 2.10 bits per heavy atom.